The molecule has 0 amide bonds. The predicted octanol–water partition coefficient (Wildman–Crippen LogP) is 4.83. The quantitative estimate of drug-likeness (QED) is 0.709. The molecule has 118 valence electrons. The first-order valence-electron chi connectivity index (χ1n) is 7.72. The Hall–Kier alpha value is -0.393. The number of aromatic nitrogens is 1. The van der Waals surface area contributed by atoms with E-state index in [0.29, 0.717) is 6.04 Å². The van der Waals surface area contributed by atoms with E-state index < -0.39 is 8.32 Å². The van der Waals surface area contributed by atoms with Crippen molar-refractivity contribution in [1.29, 1.82) is 0 Å². The lowest BCUT2D eigenvalue weighted by molar-refractivity contribution is 0.263. The highest BCUT2D eigenvalue weighted by Gasteiger charge is 2.38. The molecule has 5 heteroatoms. The summed E-state index contributed by atoms with van der Waals surface area (Å²) in [6.45, 7) is 13.5. The zero-order chi connectivity index (χ0) is 15.7. The van der Waals surface area contributed by atoms with Crippen LogP contribution < -0.4 is 4.90 Å². The molecule has 0 spiro atoms. The molecule has 3 nitrogen and oxygen atoms in total. The average Bonchev–Trinajstić information content (AvgIpc) is 2.83. The van der Waals surface area contributed by atoms with Crippen molar-refractivity contribution in [2.24, 2.45) is 0 Å². The van der Waals surface area contributed by atoms with Crippen LogP contribution in [0.5, 0.6) is 0 Å². The summed E-state index contributed by atoms with van der Waals surface area (Å²) in [5.41, 5.74) is 1.20. The van der Waals surface area contributed by atoms with Crippen LogP contribution in [0, 0.1) is 0 Å². The number of pyridine rings is 1. The smallest absolute Gasteiger partial charge is 0.192 e. The van der Waals surface area contributed by atoms with Crippen LogP contribution in [0.4, 0.5) is 5.69 Å². The van der Waals surface area contributed by atoms with Gasteiger partial charge in [0.25, 0.3) is 0 Å². The van der Waals surface area contributed by atoms with Crippen LogP contribution in [0.3, 0.4) is 0 Å². The van der Waals surface area contributed by atoms with Gasteiger partial charge in [-0.3, -0.25) is 4.98 Å². The second-order valence-corrected chi connectivity index (χ2v) is 13.1. The largest absolute Gasteiger partial charge is 0.415 e. The van der Waals surface area contributed by atoms with E-state index in [9.17, 15) is 0 Å². The molecule has 1 aromatic heterocycles. The minimum atomic E-state index is -1.67. The van der Waals surface area contributed by atoms with Crippen molar-refractivity contribution in [3.8, 4) is 0 Å². The molecule has 0 aromatic carbocycles. The van der Waals surface area contributed by atoms with Crippen molar-refractivity contribution in [3.63, 3.8) is 0 Å². The highest BCUT2D eigenvalue weighted by Crippen LogP contribution is 2.37. The maximum absolute atomic E-state index is 6.42. The molecule has 0 saturated carbocycles. The number of anilines is 1. The maximum Gasteiger partial charge on any atom is 0.192 e. The van der Waals surface area contributed by atoms with Crippen LogP contribution >= 0.6 is 15.9 Å². The Morgan fingerprint density at radius 2 is 2.10 bits per heavy atom. The highest BCUT2D eigenvalue weighted by molar-refractivity contribution is 9.10. The van der Waals surface area contributed by atoms with Gasteiger partial charge in [0.2, 0.25) is 0 Å². The summed E-state index contributed by atoms with van der Waals surface area (Å²) >= 11 is 3.51. The summed E-state index contributed by atoms with van der Waals surface area (Å²) in [7, 11) is -1.67. The molecular formula is C16H27BrN2OSi. The average molecular weight is 371 g/mol. The first-order chi connectivity index (χ1) is 9.71. The monoisotopic (exact) mass is 370 g/mol. The second-order valence-electron chi connectivity index (χ2n) is 7.42. The molecule has 1 atom stereocenters. The van der Waals surface area contributed by atoms with E-state index in [1.54, 1.807) is 0 Å². The predicted molar refractivity (Wildman–Crippen MR) is 95.5 cm³/mol. The first-order valence-corrected chi connectivity index (χ1v) is 11.4. The molecule has 2 rings (SSSR count). The number of hydrogen-bond donors (Lipinski definition) is 0. The van der Waals surface area contributed by atoms with E-state index in [-0.39, 0.29) is 5.04 Å². The Kier molecular flexibility index (Phi) is 5.16. The third-order valence-electron chi connectivity index (χ3n) is 4.84. The minimum Gasteiger partial charge on any atom is -0.415 e. The van der Waals surface area contributed by atoms with Crippen molar-refractivity contribution in [3.05, 3.63) is 22.9 Å². The van der Waals surface area contributed by atoms with Gasteiger partial charge >= 0.3 is 0 Å². The molecule has 1 saturated heterocycles. The van der Waals surface area contributed by atoms with Gasteiger partial charge in [-0.05, 0) is 53.0 Å². The van der Waals surface area contributed by atoms with Gasteiger partial charge in [0.1, 0.15) is 0 Å². The Labute approximate surface area is 138 Å². The van der Waals surface area contributed by atoms with E-state index >= 15 is 0 Å². The zero-order valence-electron chi connectivity index (χ0n) is 13.8. The van der Waals surface area contributed by atoms with Gasteiger partial charge in [-0.25, -0.2) is 0 Å². The van der Waals surface area contributed by atoms with E-state index in [2.05, 4.69) is 65.7 Å². The summed E-state index contributed by atoms with van der Waals surface area (Å²) in [4.78, 5) is 6.74. The molecule has 1 fully saturated rings. The Morgan fingerprint density at radius 1 is 1.38 bits per heavy atom. The summed E-state index contributed by atoms with van der Waals surface area (Å²) in [5.74, 6) is 0. The number of nitrogens with zero attached hydrogens (tertiary/aromatic N) is 2. The number of rotatable bonds is 4. The fraction of sp³-hybridized carbons (Fsp3) is 0.688. The molecule has 21 heavy (non-hydrogen) atoms. The van der Waals surface area contributed by atoms with Crippen LogP contribution in [0.25, 0.3) is 0 Å². The van der Waals surface area contributed by atoms with Crippen LogP contribution in [-0.2, 0) is 4.43 Å². The normalized spacial score (nSPS) is 20.1. The topological polar surface area (TPSA) is 25.4 Å². The molecular weight excluding hydrogens is 344 g/mol. The van der Waals surface area contributed by atoms with Crippen molar-refractivity contribution in [1.82, 2.24) is 4.98 Å². The van der Waals surface area contributed by atoms with Crippen LogP contribution in [0.2, 0.25) is 18.1 Å². The summed E-state index contributed by atoms with van der Waals surface area (Å²) in [6, 6.07) is 2.63. The fourth-order valence-electron chi connectivity index (χ4n) is 2.43. The van der Waals surface area contributed by atoms with Crippen molar-refractivity contribution in [2.45, 2.75) is 57.8 Å². The Morgan fingerprint density at radius 3 is 2.71 bits per heavy atom. The van der Waals surface area contributed by atoms with Gasteiger partial charge in [0, 0.05) is 17.2 Å². The molecule has 1 aliphatic heterocycles. The molecule has 0 radical (unpaired) electrons. The van der Waals surface area contributed by atoms with Gasteiger partial charge in [-0.1, -0.05) is 20.8 Å². The van der Waals surface area contributed by atoms with E-state index in [1.165, 1.54) is 18.5 Å². The van der Waals surface area contributed by atoms with Gasteiger partial charge in [-0.2, -0.15) is 0 Å². The van der Waals surface area contributed by atoms with Crippen LogP contribution in [0.1, 0.15) is 33.6 Å². The molecule has 0 bridgehead atoms. The standard InChI is InChI=1S/C16H27BrN2OSi/c1-16(2,3)21(4,5)20-12-14-7-6-8-19(14)15-9-13(17)10-18-11-15/h9-11,14H,6-8,12H2,1-5H3/t14-/m1/s1. The van der Waals surface area contributed by atoms with Gasteiger partial charge in [0.05, 0.1) is 24.5 Å². The number of halogens is 1. The van der Waals surface area contributed by atoms with Gasteiger partial charge < -0.3 is 9.33 Å². The van der Waals surface area contributed by atoms with Crippen molar-refractivity contribution in [2.75, 3.05) is 18.1 Å². The summed E-state index contributed by atoms with van der Waals surface area (Å²) in [6.07, 6.45) is 6.23. The molecule has 0 unspecified atom stereocenters. The number of hydrogen-bond acceptors (Lipinski definition) is 3. The van der Waals surface area contributed by atoms with Crippen LogP contribution in [-0.4, -0.2) is 32.5 Å². The van der Waals surface area contributed by atoms with E-state index in [1.807, 2.05) is 12.4 Å². The van der Waals surface area contributed by atoms with E-state index in [0.717, 1.165) is 17.6 Å². The lowest BCUT2D eigenvalue weighted by Crippen LogP contribution is -2.44. The van der Waals surface area contributed by atoms with Crippen molar-refractivity contribution >= 4 is 29.9 Å². The third-order valence-corrected chi connectivity index (χ3v) is 9.78. The molecule has 0 aliphatic carbocycles. The van der Waals surface area contributed by atoms with Crippen LogP contribution in [0.15, 0.2) is 22.9 Å². The van der Waals surface area contributed by atoms with Gasteiger partial charge in [0.15, 0.2) is 8.32 Å². The summed E-state index contributed by atoms with van der Waals surface area (Å²) in [5, 5.41) is 0.272. The fourth-order valence-corrected chi connectivity index (χ4v) is 3.82. The second kappa shape index (κ2) is 6.38. The lowest BCUT2D eigenvalue weighted by atomic mass is 10.2. The molecule has 0 N–H and O–H groups in total. The molecule has 2 heterocycles. The minimum absolute atomic E-state index is 0.272. The molecule has 1 aliphatic rings. The summed E-state index contributed by atoms with van der Waals surface area (Å²) < 4.78 is 7.46. The van der Waals surface area contributed by atoms with Crippen molar-refractivity contribution < 1.29 is 4.43 Å². The van der Waals surface area contributed by atoms with E-state index in [4.69, 9.17) is 4.43 Å². The lowest BCUT2D eigenvalue weighted by Gasteiger charge is -2.38. The Balaban J connectivity index is 2.03. The third kappa shape index (κ3) is 4.08. The highest BCUT2D eigenvalue weighted by atomic mass is 79.9. The van der Waals surface area contributed by atoms with Gasteiger partial charge in [-0.15, -0.1) is 0 Å². The maximum atomic E-state index is 6.42. The first kappa shape index (κ1) is 17.0. The Bertz CT molecular complexity index is 487. The SMILES string of the molecule is CC(C)(C)[Si](C)(C)OC[C@H]1CCCN1c1cncc(Br)c1. The zero-order valence-corrected chi connectivity index (χ0v) is 16.4. The molecule has 1 aromatic rings.